The van der Waals surface area contributed by atoms with Gasteiger partial charge in [0.2, 0.25) is 5.91 Å². The number of hydrogen-bond acceptors (Lipinski definition) is 1. The molecule has 2 nitrogen and oxygen atoms in total. The molecule has 0 bridgehead atoms. The number of benzene rings is 1. The SMILES string of the molecule is CC1CCCN(C(=O)C2(c3ccccc3)CCC2)C1. The number of amides is 1. The van der Waals surface area contributed by atoms with Gasteiger partial charge in [0.15, 0.2) is 0 Å². The zero-order valence-corrected chi connectivity index (χ0v) is 11.8. The van der Waals surface area contributed by atoms with Crippen LogP contribution in [0.3, 0.4) is 0 Å². The van der Waals surface area contributed by atoms with Gasteiger partial charge in [-0.05, 0) is 37.2 Å². The highest BCUT2D eigenvalue weighted by Gasteiger charge is 2.47. The molecule has 1 amide bonds. The topological polar surface area (TPSA) is 20.3 Å². The molecule has 1 aliphatic heterocycles. The summed E-state index contributed by atoms with van der Waals surface area (Å²) in [6.45, 7) is 4.17. The summed E-state index contributed by atoms with van der Waals surface area (Å²) in [5, 5.41) is 0. The van der Waals surface area contributed by atoms with Gasteiger partial charge in [-0.1, -0.05) is 43.7 Å². The zero-order valence-electron chi connectivity index (χ0n) is 11.8. The van der Waals surface area contributed by atoms with Gasteiger partial charge in [0.1, 0.15) is 0 Å². The summed E-state index contributed by atoms with van der Waals surface area (Å²) in [4.78, 5) is 15.1. The number of hydrogen-bond donors (Lipinski definition) is 0. The van der Waals surface area contributed by atoms with Crippen molar-refractivity contribution in [2.24, 2.45) is 5.92 Å². The van der Waals surface area contributed by atoms with Crippen LogP contribution in [0.5, 0.6) is 0 Å². The van der Waals surface area contributed by atoms with E-state index in [0.29, 0.717) is 11.8 Å². The molecule has 1 unspecified atom stereocenters. The Labute approximate surface area is 115 Å². The number of nitrogens with zero attached hydrogens (tertiary/aromatic N) is 1. The number of carbonyl (C=O) groups excluding carboxylic acids is 1. The smallest absolute Gasteiger partial charge is 0.233 e. The maximum absolute atomic E-state index is 13.0. The molecule has 1 atom stereocenters. The fourth-order valence-corrected chi connectivity index (χ4v) is 3.59. The lowest BCUT2D eigenvalue weighted by Crippen LogP contribution is -2.53. The molecule has 1 aromatic carbocycles. The minimum Gasteiger partial charge on any atom is -0.342 e. The van der Waals surface area contributed by atoms with Crippen molar-refractivity contribution in [1.82, 2.24) is 4.90 Å². The summed E-state index contributed by atoms with van der Waals surface area (Å²) in [7, 11) is 0. The Morgan fingerprint density at radius 3 is 2.53 bits per heavy atom. The van der Waals surface area contributed by atoms with Crippen molar-refractivity contribution in [3.8, 4) is 0 Å². The van der Waals surface area contributed by atoms with Crippen LogP contribution in [-0.2, 0) is 10.2 Å². The maximum Gasteiger partial charge on any atom is 0.233 e. The second kappa shape index (κ2) is 4.99. The maximum atomic E-state index is 13.0. The number of piperidine rings is 1. The van der Waals surface area contributed by atoms with Crippen molar-refractivity contribution in [2.45, 2.75) is 44.4 Å². The number of rotatable bonds is 2. The molecule has 0 aromatic heterocycles. The minimum atomic E-state index is -0.196. The molecule has 1 aromatic rings. The van der Waals surface area contributed by atoms with Crippen LogP contribution in [0.1, 0.15) is 44.6 Å². The molecule has 102 valence electrons. The molecule has 19 heavy (non-hydrogen) atoms. The van der Waals surface area contributed by atoms with E-state index in [4.69, 9.17) is 0 Å². The molecule has 0 N–H and O–H groups in total. The Kier molecular flexibility index (Phi) is 3.34. The molecular weight excluding hydrogens is 234 g/mol. The van der Waals surface area contributed by atoms with Crippen LogP contribution in [0.2, 0.25) is 0 Å². The van der Waals surface area contributed by atoms with Gasteiger partial charge in [-0.15, -0.1) is 0 Å². The van der Waals surface area contributed by atoms with Gasteiger partial charge in [0.25, 0.3) is 0 Å². The third kappa shape index (κ3) is 2.18. The fourth-order valence-electron chi connectivity index (χ4n) is 3.59. The predicted molar refractivity (Wildman–Crippen MR) is 76.9 cm³/mol. The zero-order chi connectivity index (χ0) is 13.3. The van der Waals surface area contributed by atoms with Crippen LogP contribution < -0.4 is 0 Å². The molecular formula is C17H23NO. The quantitative estimate of drug-likeness (QED) is 0.795. The van der Waals surface area contributed by atoms with Crippen molar-refractivity contribution in [1.29, 1.82) is 0 Å². The number of likely N-dealkylation sites (tertiary alicyclic amines) is 1. The molecule has 1 saturated carbocycles. The van der Waals surface area contributed by atoms with Crippen LogP contribution in [0.15, 0.2) is 30.3 Å². The van der Waals surface area contributed by atoms with Crippen molar-refractivity contribution >= 4 is 5.91 Å². The third-order valence-corrected chi connectivity index (χ3v) is 4.89. The molecule has 2 fully saturated rings. The Morgan fingerprint density at radius 1 is 1.21 bits per heavy atom. The summed E-state index contributed by atoms with van der Waals surface area (Å²) in [6.07, 6.45) is 5.67. The first-order chi connectivity index (χ1) is 9.22. The standard InChI is InChI=1S/C17H23NO/c1-14-7-5-12-18(13-14)16(19)17(10-6-11-17)15-8-3-2-4-9-15/h2-4,8-9,14H,5-7,10-13H2,1H3. The molecule has 1 saturated heterocycles. The van der Waals surface area contributed by atoms with E-state index < -0.39 is 0 Å². The Hall–Kier alpha value is -1.31. The van der Waals surface area contributed by atoms with Gasteiger partial charge in [-0.3, -0.25) is 4.79 Å². The summed E-state index contributed by atoms with van der Waals surface area (Å²) < 4.78 is 0. The molecule has 0 radical (unpaired) electrons. The van der Waals surface area contributed by atoms with Crippen LogP contribution in [-0.4, -0.2) is 23.9 Å². The monoisotopic (exact) mass is 257 g/mol. The molecule has 2 aliphatic rings. The normalized spacial score (nSPS) is 25.7. The van der Waals surface area contributed by atoms with E-state index in [1.807, 2.05) is 6.07 Å². The Bertz CT molecular complexity index is 450. The Morgan fingerprint density at radius 2 is 1.95 bits per heavy atom. The first-order valence-electron chi connectivity index (χ1n) is 7.57. The van der Waals surface area contributed by atoms with Gasteiger partial charge >= 0.3 is 0 Å². The van der Waals surface area contributed by atoms with E-state index in [2.05, 4.69) is 36.1 Å². The molecule has 1 heterocycles. The lowest BCUT2D eigenvalue weighted by molar-refractivity contribution is -0.142. The van der Waals surface area contributed by atoms with E-state index in [0.717, 1.165) is 32.4 Å². The first-order valence-corrected chi connectivity index (χ1v) is 7.57. The van der Waals surface area contributed by atoms with E-state index in [1.165, 1.54) is 18.4 Å². The van der Waals surface area contributed by atoms with Gasteiger partial charge in [-0.2, -0.15) is 0 Å². The molecule has 0 spiro atoms. The highest BCUT2D eigenvalue weighted by molar-refractivity contribution is 5.89. The van der Waals surface area contributed by atoms with Crippen LogP contribution >= 0.6 is 0 Å². The number of carbonyl (C=O) groups is 1. The molecule has 3 rings (SSSR count). The third-order valence-electron chi connectivity index (χ3n) is 4.89. The van der Waals surface area contributed by atoms with E-state index in [-0.39, 0.29) is 5.41 Å². The lowest BCUT2D eigenvalue weighted by Gasteiger charge is -2.45. The second-order valence-electron chi connectivity index (χ2n) is 6.30. The predicted octanol–water partition coefficient (Wildman–Crippen LogP) is 3.37. The first kappa shape index (κ1) is 12.7. The average Bonchev–Trinajstić information content (AvgIpc) is 2.38. The molecule has 2 heteroatoms. The van der Waals surface area contributed by atoms with Crippen LogP contribution in [0.25, 0.3) is 0 Å². The molecule has 1 aliphatic carbocycles. The lowest BCUT2D eigenvalue weighted by atomic mass is 9.63. The van der Waals surface area contributed by atoms with Gasteiger partial charge in [0, 0.05) is 13.1 Å². The summed E-state index contributed by atoms with van der Waals surface area (Å²) in [5.41, 5.74) is 1.03. The summed E-state index contributed by atoms with van der Waals surface area (Å²) in [5.74, 6) is 1.04. The van der Waals surface area contributed by atoms with Gasteiger partial charge in [0.05, 0.1) is 5.41 Å². The van der Waals surface area contributed by atoms with Crippen molar-refractivity contribution in [2.75, 3.05) is 13.1 Å². The van der Waals surface area contributed by atoms with Gasteiger partial charge in [-0.25, -0.2) is 0 Å². The van der Waals surface area contributed by atoms with Crippen molar-refractivity contribution < 1.29 is 4.79 Å². The average molecular weight is 257 g/mol. The van der Waals surface area contributed by atoms with Crippen LogP contribution in [0.4, 0.5) is 0 Å². The van der Waals surface area contributed by atoms with E-state index in [1.54, 1.807) is 0 Å². The van der Waals surface area contributed by atoms with Gasteiger partial charge < -0.3 is 4.90 Å². The highest BCUT2D eigenvalue weighted by atomic mass is 16.2. The fraction of sp³-hybridized carbons (Fsp3) is 0.588. The minimum absolute atomic E-state index is 0.196. The summed E-state index contributed by atoms with van der Waals surface area (Å²) in [6, 6.07) is 10.4. The van der Waals surface area contributed by atoms with Crippen molar-refractivity contribution in [3.63, 3.8) is 0 Å². The summed E-state index contributed by atoms with van der Waals surface area (Å²) >= 11 is 0. The highest BCUT2D eigenvalue weighted by Crippen LogP contribution is 2.45. The van der Waals surface area contributed by atoms with Crippen molar-refractivity contribution in [3.05, 3.63) is 35.9 Å². The van der Waals surface area contributed by atoms with E-state index >= 15 is 0 Å². The Balaban J connectivity index is 1.84. The second-order valence-corrected chi connectivity index (χ2v) is 6.30. The largest absolute Gasteiger partial charge is 0.342 e. The van der Waals surface area contributed by atoms with E-state index in [9.17, 15) is 4.79 Å². The van der Waals surface area contributed by atoms with Crippen LogP contribution in [0, 0.1) is 5.92 Å².